The molecule has 1 saturated carbocycles. The summed E-state index contributed by atoms with van der Waals surface area (Å²) < 4.78 is 0. The largest absolute Gasteiger partial charge is 0.480 e. The van der Waals surface area contributed by atoms with E-state index < -0.39 is 5.97 Å². The predicted molar refractivity (Wildman–Crippen MR) is 68.4 cm³/mol. The molecule has 1 amide bonds. The molecule has 2 N–H and O–H groups in total. The van der Waals surface area contributed by atoms with Crippen LogP contribution in [0.15, 0.2) is 0 Å². The number of carboxylic acid groups (broad SMARTS) is 1. The molecule has 1 fully saturated rings. The average molecular weight is 257 g/mol. The summed E-state index contributed by atoms with van der Waals surface area (Å²) in [5.74, 6) is -0.825. The van der Waals surface area contributed by atoms with E-state index in [1.807, 2.05) is 19.0 Å². The Labute approximate surface area is 108 Å². The third-order valence-electron chi connectivity index (χ3n) is 2.82. The van der Waals surface area contributed by atoms with Gasteiger partial charge in [0, 0.05) is 32.1 Å². The number of amides is 1. The molecule has 6 nitrogen and oxygen atoms in total. The second kappa shape index (κ2) is 7.33. The molecule has 0 atom stereocenters. The first-order chi connectivity index (χ1) is 8.47. The fourth-order valence-corrected chi connectivity index (χ4v) is 1.59. The summed E-state index contributed by atoms with van der Waals surface area (Å²) in [5, 5.41) is 11.7. The van der Waals surface area contributed by atoms with Crippen LogP contribution in [0.5, 0.6) is 0 Å². The smallest absolute Gasteiger partial charge is 0.317 e. The molecule has 0 heterocycles. The molecule has 6 heteroatoms. The van der Waals surface area contributed by atoms with Crippen molar-refractivity contribution in [1.82, 2.24) is 15.1 Å². The lowest BCUT2D eigenvalue weighted by Crippen LogP contribution is -2.38. The van der Waals surface area contributed by atoms with Crippen molar-refractivity contribution in [3.63, 3.8) is 0 Å². The third kappa shape index (κ3) is 7.24. The lowest BCUT2D eigenvalue weighted by atomic mass is 10.3. The highest BCUT2D eigenvalue weighted by molar-refractivity contribution is 5.76. The van der Waals surface area contributed by atoms with Gasteiger partial charge in [-0.1, -0.05) is 0 Å². The van der Waals surface area contributed by atoms with E-state index in [9.17, 15) is 9.59 Å². The first-order valence-electron chi connectivity index (χ1n) is 6.35. The second-order valence-electron chi connectivity index (χ2n) is 5.06. The molecule has 0 aliphatic heterocycles. The van der Waals surface area contributed by atoms with Crippen LogP contribution < -0.4 is 5.32 Å². The third-order valence-corrected chi connectivity index (χ3v) is 2.82. The Kier molecular flexibility index (Phi) is 6.07. The molecule has 1 aliphatic carbocycles. The van der Waals surface area contributed by atoms with Crippen molar-refractivity contribution < 1.29 is 14.7 Å². The molecule has 0 aromatic heterocycles. The van der Waals surface area contributed by atoms with Gasteiger partial charge in [0.25, 0.3) is 0 Å². The number of carbonyl (C=O) groups excluding carboxylic acids is 1. The van der Waals surface area contributed by atoms with Crippen LogP contribution in [0.4, 0.5) is 0 Å². The number of carbonyl (C=O) groups is 2. The summed E-state index contributed by atoms with van der Waals surface area (Å²) in [5.41, 5.74) is 0. The monoisotopic (exact) mass is 257 g/mol. The maximum atomic E-state index is 11.5. The minimum atomic E-state index is -0.851. The molecule has 0 bridgehead atoms. The summed E-state index contributed by atoms with van der Waals surface area (Å²) in [6.07, 6.45) is 2.52. The Bertz CT molecular complexity index is 290. The van der Waals surface area contributed by atoms with Crippen LogP contribution in [-0.4, -0.2) is 73.1 Å². The highest BCUT2D eigenvalue weighted by Gasteiger charge is 2.23. The first kappa shape index (κ1) is 14.9. The number of aliphatic carboxylic acids is 1. The van der Waals surface area contributed by atoms with Crippen molar-refractivity contribution in [2.75, 3.05) is 40.3 Å². The van der Waals surface area contributed by atoms with E-state index >= 15 is 0 Å². The standard InChI is InChI=1S/C12H23N3O3/c1-14(2)7-8-15(9-12(17)18)6-5-11(16)13-10-3-4-10/h10H,3-9H2,1-2H3,(H,13,16)(H,17,18). The van der Waals surface area contributed by atoms with Gasteiger partial charge in [-0.3, -0.25) is 14.5 Å². The quantitative estimate of drug-likeness (QED) is 0.588. The molecule has 0 unspecified atom stereocenters. The van der Waals surface area contributed by atoms with Crippen molar-refractivity contribution in [2.24, 2.45) is 0 Å². The molecular formula is C12H23N3O3. The lowest BCUT2D eigenvalue weighted by Gasteiger charge is -2.21. The van der Waals surface area contributed by atoms with E-state index in [4.69, 9.17) is 5.11 Å². The SMILES string of the molecule is CN(C)CCN(CCC(=O)NC1CC1)CC(=O)O. The van der Waals surface area contributed by atoms with E-state index in [1.54, 1.807) is 4.90 Å². The van der Waals surface area contributed by atoms with Crippen LogP contribution in [0, 0.1) is 0 Å². The van der Waals surface area contributed by atoms with E-state index in [1.165, 1.54) is 0 Å². The number of nitrogens with zero attached hydrogens (tertiary/aromatic N) is 2. The summed E-state index contributed by atoms with van der Waals surface area (Å²) in [4.78, 5) is 26.1. The van der Waals surface area contributed by atoms with Crippen LogP contribution in [0.1, 0.15) is 19.3 Å². The number of hydrogen-bond donors (Lipinski definition) is 2. The molecule has 0 aromatic rings. The number of rotatable bonds is 9. The van der Waals surface area contributed by atoms with Crippen molar-refractivity contribution in [3.05, 3.63) is 0 Å². The average Bonchev–Trinajstić information content (AvgIpc) is 3.05. The number of nitrogens with one attached hydrogen (secondary N) is 1. The van der Waals surface area contributed by atoms with Gasteiger partial charge in [0.15, 0.2) is 0 Å². The Balaban J connectivity index is 2.24. The van der Waals surface area contributed by atoms with E-state index in [0.29, 0.717) is 25.6 Å². The molecule has 0 aromatic carbocycles. The molecule has 1 aliphatic rings. The molecule has 0 saturated heterocycles. The minimum absolute atomic E-state index is 0.00938. The normalized spacial score (nSPS) is 15.1. The minimum Gasteiger partial charge on any atom is -0.480 e. The van der Waals surface area contributed by atoms with Crippen LogP contribution in [0.2, 0.25) is 0 Å². The van der Waals surface area contributed by atoms with Gasteiger partial charge in [-0.25, -0.2) is 0 Å². The van der Waals surface area contributed by atoms with Gasteiger partial charge in [-0.2, -0.15) is 0 Å². The predicted octanol–water partition coefficient (Wildman–Crippen LogP) is -0.397. The Morgan fingerprint density at radius 2 is 1.89 bits per heavy atom. The summed E-state index contributed by atoms with van der Waals surface area (Å²) in [6, 6.07) is 0.368. The fourth-order valence-electron chi connectivity index (χ4n) is 1.59. The van der Waals surface area contributed by atoms with Crippen LogP contribution in [0.3, 0.4) is 0 Å². The van der Waals surface area contributed by atoms with Gasteiger partial charge in [-0.15, -0.1) is 0 Å². The summed E-state index contributed by atoms with van der Waals surface area (Å²) >= 11 is 0. The maximum Gasteiger partial charge on any atom is 0.317 e. The lowest BCUT2D eigenvalue weighted by molar-refractivity contribution is -0.138. The van der Waals surface area contributed by atoms with Crippen molar-refractivity contribution >= 4 is 11.9 Å². The van der Waals surface area contributed by atoms with Crippen LogP contribution in [0.25, 0.3) is 0 Å². The zero-order valence-corrected chi connectivity index (χ0v) is 11.2. The zero-order valence-electron chi connectivity index (χ0n) is 11.2. The topological polar surface area (TPSA) is 72.9 Å². The number of likely N-dealkylation sites (N-methyl/N-ethyl adjacent to an activating group) is 1. The van der Waals surface area contributed by atoms with Crippen molar-refractivity contribution in [2.45, 2.75) is 25.3 Å². The van der Waals surface area contributed by atoms with Crippen molar-refractivity contribution in [1.29, 1.82) is 0 Å². The first-order valence-corrected chi connectivity index (χ1v) is 6.35. The van der Waals surface area contributed by atoms with E-state index in [0.717, 1.165) is 19.4 Å². The number of carboxylic acids is 1. The van der Waals surface area contributed by atoms with E-state index in [-0.39, 0.29) is 12.5 Å². The van der Waals surface area contributed by atoms with Gasteiger partial charge in [0.05, 0.1) is 6.54 Å². The zero-order chi connectivity index (χ0) is 13.5. The molecule has 0 spiro atoms. The summed E-state index contributed by atoms with van der Waals surface area (Å²) in [6.45, 7) is 1.94. The van der Waals surface area contributed by atoms with Gasteiger partial charge in [0.2, 0.25) is 5.91 Å². The molecular weight excluding hydrogens is 234 g/mol. The second-order valence-corrected chi connectivity index (χ2v) is 5.06. The van der Waals surface area contributed by atoms with E-state index in [2.05, 4.69) is 5.32 Å². The van der Waals surface area contributed by atoms with Crippen LogP contribution >= 0.6 is 0 Å². The Hall–Kier alpha value is -1.14. The highest BCUT2D eigenvalue weighted by Crippen LogP contribution is 2.18. The molecule has 1 rings (SSSR count). The van der Waals surface area contributed by atoms with Gasteiger partial charge >= 0.3 is 5.97 Å². The number of hydrogen-bond acceptors (Lipinski definition) is 4. The molecule has 18 heavy (non-hydrogen) atoms. The molecule has 0 radical (unpaired) electrons. The van der Waals surface area contributed by atoms with Gasteiger partial charge in [0.1, 0.15) is 0 Å². The fraction of sp³-hybridized carbons (Fsp3) is 0.833. The Morgan fingerprint density at radius 1 is 1.22 bits per heavy atom. The summed E-state index contributed by atoms with van der Waals surface area (Å²) in [7, 11) is 3.89. The maximum absolute atomic E-state index is 11.5. The van der Waals surface area contributed by atoms with Crippen molar-refractivity contribution in [3.8, 4) is 0 Å². The van der Waals surface area contributed by atoms with Crippen LogP contribution in [-0.2, 0) is 9.59 Å². The highest BCUT2D eigenvalue weighted by atomic mass is 16.4. The van der Waals surface area contributed by atoms with Gasteiger partial charge < -0.3 is 15.3 Å². The van der Waals surface area contributed by atoms with Gasteiger partial charge in [-0.05, 0) is 26.9 Å². The Morgan fingerprint density at radius 3 is 2.39 bits per heavy atom. The molecule has 104 valence electrons.